The monoisotopic (exact) mass is 323 g/mol. The Balaban J connectivity index is 1.79. The minimum atomic E-state index is -3.52. The van der Waals surface area contributed by atoms with Crippen LogP contribution < -0.4 is 4.72 Å². The molecule has 0 unspecified atom stereocenters. The van der Waals surface area contributed by atoms with E-state index in [9.17, 15) is 8.42 Å². The van der Waals surface area contributed by atoms with E-state index in [4.69, 9.17) is 11.6 Å². The average Bonchev–Trinajstić information content (AvgIpc) is 2.48. The summed E-state index contributed by atoms with van der Waals surface area (Å²) in [6.45, 7) is 0.417. The van der Waals surface area contributed by atoms with Gasteiger partial charge in [0.05, 0.1) is 5.02 Å². The van der Waals surface area contributed by atoms with E-state index in [0.717, 1.165) is 19.3 Å². The van der Waals surface area contributed by atoms with Gasteiger partial charge in [-0.25, -0.2) is 13.1 Å². The zero-order valence-corrected chi connectivity index (χ0v) is 13.2. The molecular weight excluding hydrogens is 306 g/mol. The number of hydrogen-bond acceptors (Lipinski definition) is 2. The first kappa shape index (κ1) is 16.0. The highest BCUT2D eigenvalue weighted by Gasteiger charge is 2.16. The van der Waals surface area contributed by atoms with E-state index in [1.165, 1.54) is 11.6 Å². The fourth-order valence-electron chi connectivity index (χ4n) is 2.05. The van der Waals surface area contributed by atoms with Crippen LogP contribution in [0.25, 0.3) is 0 Å². The summed E-state index contributed by atoms with van der Waals surface area (Å²) >= 11 is 5.91. The lowest BCUT2D eigenvalue weighted by Gasteiger charge is -2.08. The molecule has 0 heterocycles. The van der Waals surface area contributed by atoms with Gasteiger partial charge in [0.1, 0.15) is 4.90 Å². The standard InChI is InChI=1S/C16H18ClNO2S/c17-15-11-4-5-12-16(15)21(19,20)18-13-7-6-10-14-8-2-1-3-9-14/h1-5,8-9,11-12,18H,6-7,10,13H2. The number of hydrogen-bond donors (Lipinski definition) is 1. The lowest BCUT2D eigenvalue weighted by atomic mass is 10.1. The van der Waals surface area contributed by atoms with E-state index in [1.54, 1.807) is 18.2 Å². The van der Waals surface area contributed by atoms with Crippen LogP contribution in [-0.2, 0) is 16.4 Å². The van der Waals surface area contributed by atoms with E-state index in [1.807, 2.05) is 18.2 Å². The fraction of sp³-hybridized carbons (Fsp3) is 0.250. The van der Waals surface area contributed by atoms with Crippen LogP contribution in [0.15, 0.2) is 59.5 Å². The molecule has 5 heteroatoms. The van der Waals surface area contributed by atoms with E-state index in [2.05, 4.69) is 16.9 Å². The molecule has 0 saturated carbocycles. The smallest absolute Gasteiger partial charge is 0.211 e. The van der Waals surface area contributed by atoms with Gasteiger partial charge >= 0.3 is 0 Å². The Morgan fingerprint density at radius 1 is 0.905 bits per heavy atom. The molecule has 3 nitrogen and oxygen atoms in total. The number of unbranched alkanes of at least 4 members (excludes halogenated alkanes) is 1. The largest absolute Gasteiger partial charge is 0.242 e. The molecule has 112 valence electrons. The van der Waals surface area contributed by atoms with Crippen molar-refractivity contribution < 1.29 is 8.42 Å². The third kappa shape index (κ3) is 4.84. The molecule has 0 radical (unpaired) electrons. The van der Waals surface area contributed by atoms with Crippen molar-refractivity contribution in [1.82, 2.24) is 4.72 Å². The second-order valence-corrected chi connectivity index (χ2v) is 6.91. The van der Waals surface area contributed by atoms with Gasteiger partial charge in [-0.3, -0.25) is 0 Å². The summed E-state index contributed by atoms with van der Waals surface area (Å²) in [6, 6.07) is 16.6. The van der Waals surface area contributed by atoms with Crippen LogP contribution in [0.1, 0.15) is 18.4 Å². The van der Waals surface area contributed by atoms with Gasteiger partial charge in [0.25, 0.3) is 0 Å². The van der Waals surface area contributed by atoms with Crippen LogP contribution in [0, 0.1) is 0 Å². The summed E-state index contributed by atoms with van der Waals surface area (Å²) in [7, 11) is -3.52. The van der Waals surface area contributed by atoms with Crippen molar-refractivity contribution in [1.29, 1.82) is 0 Å². The lowest BCUT2D eigenvalue weighted by molar-refractivity contribution is 0.577. The molecule has 21 heavy (non-hydrogen) atoms. The molecule has 0 aromatic heterocycles. The summed E-state index contributed by atoms with van der Waals surface area (Å²) in [4.78, 5) is 0.134. The molecule has 2 rings (SSSR count). The van der Waals surface area contributed by atoms with Crippen molar-refractivity contribution in [2.45, 2.75) is 24.2 Å². The second-order valence-electron chi connectivity index (χ2n) is 4.77. The van der Waals surface area contributed by atoms with Gasteiger partial charge in [-0.15, -0.1) is 0 Å². The number of nitrogens with one attached hydrogen (secondary N) is 1. The van der Waals surface area contributed by atoms with Crippen LogP contribution in [0.5, 0.6) is 0 Å². The van der Waals surface area contributed by atoms with E-state index < -0.39 is 10.0 Å². The molecule has 0 aliphatic carbocycles. The Kier molecular flexibility index (Phi) is 5.79. The van der Waals surface area contributed by atoms with Crippen molar-refractivity contribution >= 4 is 21.6 Å². The Labute approximate surface area is 131 Å². The summed E-state index contributed by atoms with van der Waals surface area (Å²) < 4.78 is 26.8. The van der Waals surface area contributed by atoms with E-state index >= 15 is 0 Å². The normalized spacial score (nSPS) is 11.5. The van der Waals surface area contributed by atoms with Crippen molar-refractivity contribution in [3.63, 3.8) is 0 Å². The Bertz CT molecular complexity index is 672. The molecule has 0 fully saturated rings. The summed E-state index contributed by atoms with van der Waals surface area (Å²) in [5.41, 5.74) is 1.27. The van der Waals surface area contributed by atoms with Gasteiger partial charge in [-0.1, -0.05) is 54.1 Å². The summed E-state index contributed by atoms with van der Waals surface area (Å²) in [6.07, 6.45) is 2.68. The zero-order chi connectivity index (χ0) is 15.1. The zero-order valence-electron chi connectivity index (χ0n) is 11.6. The first-order valence-electron chi connectivity index (χ1n) is 6.88. The highest BCUT2D eigenvalue weighted by Crippen LogP contribution is 2.20. The predicted octanol–water partition coefficient (Wildman–Crippen LogP) is 3.64. The molecule has 0 saturated heterocycles. The number of aryl methyl sites for hydroxylation is 1. The molecule has 2 aromatic rings. The minimum absolute atomic E-state index is 0.134. The first-order chi connectivity index (χ1) is 10.1. The fourth-order valence-corrected chi connectivity index (χ4v) is 3.64. The molecular formula is C16H18ClNO2S. The van der Waals surface area contributed by atoms with Gasteiger partial charge in [0, 0.05) is 6.54 Å². The Hall–Kier alpha value is -1.36. The Morgan fingerprint density at radius 2 is 1.57 bits per heavy atom. The minimum Gasteiger partial charge on any atom is -0.211 e. The van der Waals surface area contributed by atoms with Crippen molar-refractivity contribution in [2.24, 2.45) is 0 Å². The summed E-state index contributed by atoms with van der Waals surface area (Å²) in [5, 5.41) is 0.245. The third-order valence-electron chi connectivity index (χ3n) is 3.15. The SMILES string of the molecule is O=S(=O)(NCCCCc1ccccc1)c1ccccc1Cl. The highest BCUT2D eigenvalue weighted by molar-refractivity contribution is 7.89. The third-order valence-corrected chi connectivity index (χ3v) is 5.11. The number of halogens is 1. The van der Waals surface area contributed by atoms with Crippen LogP contribution in [0.2, 0.25) is 5.02 Å². The number of rotatable bonds is 7. The van der Waals surface area contributed by atoms with Crippen LogP contribution in [0.3, 0.4) is 0 Å². The van der Waals surface area contributed by atoms with Crippen LogP contribution >= 0.6 is 11.6 Å². The van der Waals surface area contributed by atoms with Gasteiger partial charge in [-0.05, 0) is 37.0 Å². The first-order valence-corrected chi connectivity index (χ1v) is 8.74. The Morgan fingerprint density at radius 3 is 2.29 bits per heavy atom. The van der Waals surface area contributed by atoms with Crippen molar-refractivity contribution in [2.75, 3.05) is 6.54 Å². The molecule has 0 amide bonds. The molecule has 0 atom stereocenters. The van der Waals surface area contributed by atoms with Crippen LogP contribution in [-0.4, -0.2) is 15.0 Å². The molecule has 0 aliphatic heterocycles. The topological polar surface area (TPSA) is 46.2 Å². The second kappa shape index (κ2) is 7.59. The van der Waals surface area contributed by atoms with Crippen molar-refractivity contribution in [3.05, 3.63) is 65.2 Å². The quantitative estimate of drug-likeness (QED) is 0.791. The maximum Gasteiger partial charge on any atom is 0.242 e. The lowest BCUT2D eigenvalue weighted by Crippen LogP contribution is -2.25. The molecule has 0 aliphatic rings. The molecule has 2 aromatic carbocycles. The molecule has 0 spiro atoms. The van der Waals surface area contributed by atoms with E-state index in [-0.39, 0.29) is 9.92 Å². The molecule has 1 N–H and O–H groups in total. The highest BCUT2D eigenvalue weighted by atomic mass is 35.5. The predicted molar refractivity (Wildman–Crippen MR) is 86.0 cm³/mol. The number of benzene rings is 2. The van der Waals surface area contributed by atoms with Crippen LogP contribution in [0.4, 0.5) is 0 Å². The van der Waals surface area contributed by atoms with Gasteiger partial charge < -0.3 is 0 Å². The van der Waals surface area contributed by atoms with Gasteiger partial charge in [0.15, 0.2) is 0 Å². The van der Waals surface area contributed by atoms with Gasteiger partial charge in [-0.2, -0.15) is 0 Å². The number of sulfonamides is 1. The summed E-state index contributed by atoms with van der Waals surface area (Å²) in [5.74, 6) is 0. The van der Waals surface area contributed by atoms with E-state index in [0.29, 0.717) is 6.54 Å². The maximum absolute atomic E-state index is 12.1. The molecule has 0 bridgehead atoms. The van der Waals surface area contributed by atoms with Crippen molar-refractivity contribution in [3.8, 4) is 0 Å². The maximum atomic E-state index is 12.1. The van der Waals surface area contributed by atoms with Gasteiger partial charge in [0.2, 0.25) is 10.0 Å². The average molecular weight is 324 g/mol.